The van der Waals surface area contributed by atoms with Crippen LogP contribution in [0.25, 0.3) is 11.0 Å². The molecule has 1 heterocycles. The van der Waals surface area contributed by atoms with E-state index in [1.165, 1.54) is 6.07 Å². The van der Waals surface area contributed by atoms with Gasteiger partial charge in [0.2, 0.25) is 0 Å². The second-order valence-electron chi connectivity index (χ2n) is 2.56. The summed E-state index contributed by atoms with van der Waals surface area (Å²) in [5, 5.41) is 0.948. The molecule has 2 heteroatoms. The lowest BCUT2D eigenvalue weighted by Gasteiger charge is -1.93. The Morgan fingerprint density at radius 1 is 1.36 bits per heavy atom. The summed E-state index contributed by atoms with van der Waals surface area (Å²) in [6.45, 7) is 1.74. The summed E-state index contributed by atoms with van der Waals surface area (Å²) in [5.74, 6) is -0.215. The first kappa shape index (κ1) is 6.40. The first-order chi connectivity index (χ1) is 5.27. The third-order valence-corrected chi connectivity index (χ3v) is 1.73. The summed E-state index contributed by atoms with van der Waals surface area (Å²) in [5.41, 5.74) is 1.26. The normalized spacial score (nSPS) is 10.7. The molecule has 2 aromatic rings. The van der Waals surface area contributed by atoms with Gasteiger partial charge in [-0.05, 0) is 24.6 Å². The zero-order valence-corrected chi connectivity index (χ0v) is 6.10. The molecule has 0 unspecified atom stereocenters. The number of fused-ring (bicyclic) bond motifs is 1. The average Bonchev–Trinajstić information content (AvgIpc) is 2.36. The van der Waals surface area contributed by atoms with Crippen LogP contribution in [0.5, 0.6) is 0 Å². The van der Waals surface area contributed by atoms with Gasteiger partial charge in [-0.1, -0.05) is 0 Å². The monoisotopic (exact) mass is 150 g/mol. The first-order valence-electron chi connectivity index (χ1n) is 3.41. The van der Waals surface area contributed by atoms with Gasteiger partial charge in [0.05, 0.1) is 6.26 Å². The predicted octanol–water partition coefficient (Wildman–Crippen LogP) is 2.88. The number of benzene rings is 1. The average molecular weight is 150 g/mol. The van der Waals surface area contributed by atoms with Crippen LogP contribution in [0.1, 0.15) is 5.56 Å². The van der Waals surface area contributed by atoms with Crippen LogP contribution in [0.15, 0.2) is 28.9 Å². The van der Waals surface area contributed by atoms with Crippen LogP contribution >= 0.6 is 0 Å². The molecule has 56 valence electrons. The number of furan rings is 1. The number of hydrogen-bond acceptors (Lipinski definition) is 1. The number of aryl methyl sites for hydroxylation is 1. The van der Waals surface area contributed by atoms with Gasteiger partial charge in [0.25, 0.3) is 0 Å². The molecular weight excluding hydrogens is 143 g/mol. The highest BCUT2D eigenvalue weighted by Crippen LogP contribution is 2.19. The van der Waals surface area contributed by atoms with Crippen LogP contribution in [0.2, 0.25) is 0 Å². The zero-order valence-electron chi connectivity index (χ0n) is 6.10. The van der Waals surface area contributed by atoms with E-state index in [0.29, 0.717) is 11.1 Å². The van der Waals surface area contributed by atoms with Crippen LogP contribution in [0.4, 0.5) is 4.39 Å². The predicted molar refractivity (Wildman–Crippen MR) is 40.9 cm³/mol. The van der Waals surface area contributed by atoms with Gasteiger partial charge in [0.1, 0.15) is 11.4 Å². The molecule has 0 fully saturated rings. The van der Waals surface area contributed by atoms with Crippen molar-refractivity contribution in [3.05, 3.63) is 35.8 Å². The molecule has 0 radical (unpaired) electrons. The molecule has 1 nitrogen and oxygen atoms in total. The van der Waals surface area contributed by atoms with Gasteiger partial charge in [-0.2, -0.15) is 0 Å². The summed E-state index contributed by atoms with van der Waals surface area (Å²) < 4.78 is 17.9. The molecule has 0 amide bonds. The summed E-state index contributed by atoms with van der Waals surface area (Å²) >= 11 is 0. The molecule has 11 heavy (non-hydrogen) atoms. The third kappa shape index (κ3) is 0.909. The van der Waals surface area contributed by atoms with Crippen LogP contribution in [0.3, 0.4) is 0 Å². The van der Waals surface area contributed by atoms with Crippen LogP contribution in [0, 0.1) is 12.7 Å². The summed E-state index contributed by atoms with van der Waals surface area (Å²) in [6.07, 6.45) is 1.56. The fourth-order valence-corrected chi connectivity index (χ4v) is 1.10. The highest BCUT2D eigenvalue weighted by atomic mass is 19.1. The second-order valence-corrected chi connectivity index (χ2v) is 2.56. The standard InChI is InChI=1S/C9H7FO/c1-6-4-7-2-3-11-9(7)5-8(6)10/h2-5H,1H3. The topological polar surface area (TPSA) is 13.1 Å². The Hall–Kier alpha value is -1.31. The van der Waals surface area contributed by atoms with Gasteiger partial charge in [-0.15, -0.1) is 0 Å². The summed E-state index contributed by atoms with van der Waals surface area (Å²) in [6, 6.07) is 5.00. The summed E-state index contributed by atoms with van der Waals surface area (Å²) in [4.78, 5) is 0. The molecule has 0 atom stereocenters. The van der Waals surface area contributed by atoms with E-state index in [9.17, 15) is 4.39 Å². The fourth-order valence-electron chi connectivity index (χ4n) is 1.10. The number of hydrogen-bond donors (Lipinski definition) is 0. The maximum absolute atomic E-state index is 12.9. The van der Waals surface area contributed by atoms with E-state index in [-0.39, 0.29) is 5.82 Å². The van der Waals surface area contributed by atoms with Gasteiger partial charge >= 0.3 is 0 Å². The van der Waals surface area contributed by atoms with E-state index in [4.69, 9.17) is 4.42 Å². The highest BCUT2D eigenvalue weighted by molar-refractivity contribution is 5.77. The van der Waals surface area contributed by atoms with Crippen molar-refractivity contribution in [3.8, 4) is 0 Å². The molecule has 0 bridgehead atoms. The molecule has 0 aliphatic carbocycles. The van der Waals surface area contributed by atoms with Crippen molar-refractivity contribution in [1.29, 1.82) is 0 Å². The second kappa shape index (κ2) is 2.09. The number of halogens is 1. The maximum atomic E-state index is 12.9. The van der Waals surface area contributed by atoms with Crippen molar-refractivity contribution in [2.75, 3.05) is 0 Å². The van der Waals surface area contributed by atoms with E-state index in [2.05, 4.69) is 0 Å². The third-order valence-electron chi connectivity index (χ3n) is 1.73. The molecule has 0 aliphatic heterocycles. The fraction of sp³-hybridized carbons (Fsp3) is 0.111. The lowest BCUT2D eigenvalue weighted by molar-refractivity contribution is 0.595. The Balaban J connectivity index is 2.86. The minimum Gasteiger partial charge on any atom is -0.464 e. The Labute approximate surface area is 63.4 Å². The highest BCUT2D eigenvalue weighted by Gasteiger charge is 2.01. The van der Waals surface area contributed by atoms with E-state index >= 15 is 0 Å². The molecule has 1 aromatic heterocycles. The van der Waals surface area contributed by atoms with Crippen molar-refractivity contribution in [1.82, 2.24) is 0 Å². The van der Waals surface area contributed by atoms with Crippen LogP contribution in [-0.4, -0.2) is 0 Å². The van der Waals surface area contributed by atoms with Gasteiger partial charge in [-0.3, -0.25) is 0 Å². The zero-order chi connectivity index (χ0) is 7.84. The Morgan fingerprint density at radius 2 is 2.18 bits per heavy atom. The minimum absolute atomic E-state index is 0.215. The quantitative estimate of drug-likeness (QED) is 0.562. The summed E-state index contributed by atoms with van der Waals surface area (Å²) in [7, 11) is 0. The number of rotatable bonds is 0. The molecule has 0 spiro atoms. The van der Waals surface area contributed by atoms with Crippen molar-refractivity contribution in [3.63, 3.8) is 0 Å². The Kier molecular flexibility index (Phi) is 1.22. The van der Waals surface area contributed by atoms with E-state index < -0.39 is 0 Å². The molecular formula is C9H7FO. The molecule has 2 rings (SSSR count). The van der Waals surface area contributed by atoms with Crippen LogP contribution < -0.4 is 0 Å². The molecule has 0 aliphatic rings. The van der Waals surface area contributed by atoms with Gasteiger partial charge < -0.3 is 4.42 Å². The van der Waals surface area contributed by atoms with E-state index in [0.717, 1.165) is 5.39 Å². The lowest BCUT2D eigenvalue weighted by Crippen LogP contribution is -1.79. The first-order valence-corrected chi connectivity index (χ1v) is 3.41. The maximum Gasteiger partial charge on any atom is 0.136 e. The van der Waals surface area contributed by atoms with Crippen molar-refractivity contribution >= 4 is 11.0 Å². The van der Waals surface area contributed by atoms with Crippen molar-refractivity contribution in [2.24, 2.45) is 0 Å². The van der Waals surface area contributed by atoms with Crippen molar-refractivity contribution in [2.45, 2.75) is 6.92 Å². The molecule has 0 N–H and O–H groups in total. The molecule has 0 saturated carbocycles. The molecule has 0 saturated heterocycles. The van der Waals surface area contributed by atoms with Crippen LogP contribution in [-0.2, 0) is 0 Å². The lowest BCUT2D eigenvalue weighted by atomic mass is 10.2. The van der Waals surface area contributed by atoms with E-state index in [1.54, 1.807) is 19.3 Å². The van der Waals surface area contributed by atoms with E-state index in [1.807, 2.05) is 6.07 Å². The van der Waals surface area contributed by atoms with Gasteiger partial charge in [-0.25, -0.2) is 4.39 Å². The molecule has 1 aromatic carbocycles. The van der Waals surface area contributed by atoms with Gasteiger partial charge in [0, 0.05) is 11.5 Å². The SMILES string of the molecule is Cc1cc2ccoc2cc1F. The smallest absolute Gasteiger partial charge is 0.136 e. The largest absolute Gasteiger partial charge is 0.464 e. The minimum atomic E-state index is -0.215. The Morgan fingerprint density at radius 3 is 3.00 bits per heavy atom. The van der Waals surface area contributed by atoms with Gasteiger partial charge in [0.15, 0.2) is 0 Å². The van der Waals surface area contributed by atoms with Crippen molar-refractivity contribution < 1.29 is 8.81 Å². The Bertz CT molecular complexity index is 353.